The van der Waals surface area contributed by atoms with Gasteiger partial charge in [0.25, 0.3) is 0 Å². The number of hydrogen-bond acceptors (Lipinski definition) is 6. The van der Waals surface area contributed by atoms with E-state index in [0.29, 0.717) is 0 Å². The smallest absolute Gasteiger partial charge is 0.134 e. The van der Waals surface area contributed by atoms with E-state index in [4.69, 9.17) is 9.47 Å². The van der Waals surface area contributed by atoms with Crippen molar-refractivity contribution in [2.24, 2.45) is 0 Å². The van der Waals surface area contributed by atoms with E-state index in [2.05, 4.69) is 32.3 Å². The van der Waals surface area contributed by atoms with Gasteiger partial charge in [-0.2, -0.15) is 0 Å². The molecular weight excluding hydrogens is 292 g/mol. The minimum Gasteiger partial charge on any atom is -0.497 e. The minimum absolute atomic E-state index is 0.754. The van der Waals surface area contributed by atoms with Crippen LogP contribution in [0.3, 0.4) is 0 Å². The van der Waals surface area contributed by atoms with Gasteiger partial charge in [-0.25, -0.2) is 9.97 Å². The lowest BCUT2D eigenvalue weighted by molar-refractivity contribution is 0.122. The van der Waals surface area contributed by atoms with Crippen LogP contribution in [0, 0.1) is 0 Å². The average molecular weight is 314 g/mol. The molecule has 1 fully saturated rings. The Morgan fingerprint density at radius 1 is 1.17 bits per heavy atom. The lowest BCUT2D eigenvalue weighted by atomic mass is 10.1. The fraction of sp³-hybridized carbons (Fsp3) is 0.412. The fourth-order valence-electron chi connectivity index (χ4n) is 2.54. The molecule has 3 rings (SSSR count). The normalized spacial score (nSPS) is 14.6. The molecule has 0 radical (unpaired) electrons. The highest BCUT2D eigenvalue weighted by Crippen LogP contribution is 2.16. The summed E-state index contributed by atoms with van der Waals surface area (Å²) >= 11 is 0. The quantitative estimate of drug-likeness (QED) is 0.880. The van der Waals surface area contributed by atoms with E-state index in [9.17, 15) is 0 Å². The molecule has 0 amide bonds. The molecule has 0 aliphatic carbocycles. The first kappa shape index (κ1) is 15.6. The number of hydrogen-bond donors (Lipinski definition) is 1. The van der Waals surface area contributed by atoms with Crippen molar-refractivity contribution in [1.82, 2.24) is 9.97 Å². The molecule has 23 heavy (non-hydrogen) atoms. The molecule has 2 heterocycles. The minimum atomic E-state index is 0.754. The summed E-state index contributed by atoms with van der Waals surface area (Å²) in [6.07, 6.45) is 2.54. The van der Waals surface area contributed by atoms with Crippen molar-refractivity contribution in [2.45, 2.75) is 6.42 Å². The molecule has 6 nitrogen and oxygen atoms in total. The molecule has 0 atom stereocenters. The fourth-order valence-corrected chi connectivity index (χ4v) is 2.54. The Labute approximate surface area is 136 Å². The van der Waals surface area contributed by atoms with Gasteiger partial charge in [0.15, 0.2) is 0 Å². The highest BCUT2D eigenvalue weighted by Gasteiger charge is 2.12. The molecule has 122 valence electrons. The first-order chi connectivity index (χ1) is 11.3. The van der Waals surface area contributed by atoms with Gasteiger partial charge in [-0.3, -0.25) is 0 Å². The number of nitrogens with zero attached hydrogens (tertiary/aromatic N) is 3. The molecule has 1 aliphatic heterocycles. The monoisotopic (exact) mass is 314 g/mol. The Morgan fingerprint density at radius 3 is 2.70 bits per heavy atom. The first-order valence-electron chi connectivity index (χ1n) is 7.87. The third kappa shape index (κ3) is 4.32. The maximum atomic E-state index is 5.37. The summed E-state index contributed by atoms with van der Waals surface area (Å²) in [5.74, 6) is 2.69. The number of methoxy groups -OCH3 is 1. The molecule has 1 saturated heterocycles. The van der Waals surface area contributed by atoms with Crippen LogP contribution in [0.4, 0.5) is 11.6 Å². The maximum Gasteiger partial charge on any atom is 0.134 e. The highest BCUT2D eigenvalue weighted by atomic mass is 16.5. The lowest BCUT2D eigenvalue weighted by Crippen LogP contribution is -2.36. The van der Waals surface area contributed by atoms with Crippen molar-refractivity contribution in [3.05, 3.63) is 42.2 Å². The second-order valence-corrected chi connectivity index (χ2v) is 5.39. The van der Waals surface area contributed by atoms with Crippen molar-refractivity contribution < 1.29 is 9.47 Å². The average Bonchev–Trinajstić information content (AvgIpc) is 2.63. The Hall–Kier alpha value is -2.34. The SMILES string of the molecule is COc1ccc(CCNc2cc(N3CCOCC3)ncn2)cc1. The molecule has 0 spiro atoms. The van der Waals surface area contributed by atoms with Crippen LogP contribution in [0.5, 0.6) is 5.75 Å². The first-order valence-corrected chi connectivity index (χ1v) is 7.87. The van der Waals surface area contributed by atoms with Gasteiger partial charge in [-0.1, -0.05) is 12.1 Å². The number of aromatic nitrogens is 2. The molecule has 0 saturated carbocycles. The summed E-state index contributed by atoms with van der Waals surface area (Å²) in [6, 6.07) is 10.1. The number of nitrogens with one attached hydrogen (secondary N) is 1. The van der Waals surface area contributed by atoms with Crippen LogP contribution in [-0.4, -0.2) is 49.9 Å². The van der Waals surface area contributed by atoms with E-state index >= 15 is 0 Å². The van der Waals surface area contributed by atoms with Crippen LogP contribution in [0.2, 0.25) is 0 Å². The standard InChI is InChI=1S/C17H22N4O2/c1-22-15-4-2-14(3-5-15)6-7-18-16-12-17(20-13-19-16)21-8-10-23-11-9-21/h2-5,12-13H,6-11H2,1H3,(H,18,19,20). The third-order valence-corrected chi connectivity index (χ3v) is 3.87. The largest absolute Gasteiger partial charge is 0.497 e. The van der Waals surface area contributed by atoms with Crippen LogP contribution in [0.25, 0.3) is 0 Å². The van der Waals surface area contributed by atoms with Crippen LogP contribution in [0.15, 0.2) is 36.7 Å². The Kier molecular flexibility index (Phi) is 5.26. The zero-order valence-electron chi connectivity index (χ0n) is 13.4. The van der Waals surface area contributed by atoms with E-state index in [1.807, 2.05) is 18.2 Å². The van der Waals surface area contributed by atoms with Gasteiger partial charge >= 0.3 is 0 Å². The van der Waals surface area contributed by atoms with Gasteiger partial charge < -0.3 is 19.7 Å². The van der Waals surface area contributed by atoms with Crippen LogP contribution >= 0.6 is 0 Å². The molecule has 2 aromatic rings. The molecule has 0 unspecified atom stereocenters. The summed E-state index contributed by atoms with van der Waals surface area (Å²) in [5, 5.41) is 3.36. The van der Waals surface area contributed by atoms with E-state index in [0.717, 1.165) is 56.7 Å². The second kappa shape index (κ2) is 7.78. The maximum absolute atomic E-state index is 5.37. The zero-order chi connectivity index (χ0) is 15.9. The Bertz CT molecular complexity index is 612. The van der Waals surface area contributed by atoms with E-state index in [-0.39, 0.29) is 0 Å². The molecule has 0 bridgehead atoms. The van der Waals surface area contributed by atoms with Crippen molar-refractivity contribution in [3.63, 3.8) is 0 Å². The predicted octanol–water partition coefficient (Wildman–Crippen LogP) is 1.98. The highest BCUT2D eigenvalue weighted by molar-refractivity contribution is 5.48. The Balaban J connectivity index is 1.53. The van der Waals surface area contributed by atoms with Gasteiger partial charge in [0, 0.05) is 25.7 Å². The third-order valence-electron chi connectivity index (χ3n) is 3.87. The zero-order valence-corrected chi connectivity index (χ0v) is 13.4. The molecule has 6 heteroatoms. The van der Waals surface area contributed by atoms with Crippen LogP contribution < -0.4 is 15.0 Å². The predicted molar refractivity (Wildman–Crippen MR) is 90.3 cm³/mol. The van der Waals surface area contributed by atoms with Gasteiger partial charge in [0.1, 0.15) is 23.7 Å². The van der Waals surface area contributed by atoms with Gasteiger partial charge in [0.05, 0.1) is 20.3 Å². The summed E-state index contributed by atoms with van der Waals surface area (Å²) in [5.41, 5.74) is 1.26. The number of anilines is 2. The van der Waals surface area contributed by atoms with Gasteiger partial charge in [0.2, 0.25) is 0 Å². The van der Waals surface area contributed by atoms with E-state index in [1.54, 1.807) is 13.4 Å². The van der Waals surface area contributed by atoms with Crippen LogP contribution in [0.1, 0.15) is 5.56 Å². The molecular formula is C17H22N4O2. The van der Waals surface area contributed by atoms with E-state index in [1.165, 1.54) is 5.56 Å². The molecule has 1 aromatic heterocycles. The molecule has 1 N–H and O–H groups in total. The number of rotatable bonds is 6. The molecule has 1 aliphatic rings. The van der Waals surface area contributed by atoms with Crippen molar-refractivity contribution in [2.75, 3.05) is 50.2 Å². The number of ether oxygens (including phenoxy) is 2. The summed E-state index contributed by atoms with van der Waals surface area (Å²) < 4.78 is 10.5. The second-order valence-electron chi connectivity index (χ2n) is 5.39. The summed E-state index contributed by atoms with van der Waals surface area (Å²) in [7, 11) is 1.68. The van der Waals surface area contributed by atoms with Crippen LogP contribution in [-0.2, 0) is 11.2 Å². The van der Waals surface area contributed by atoms with E-state index < -0.39 is 0 Å². The van der Waals surface area contributed by atoms with Gasteiger partial charge in [-0.05, 0) is 24.1 Å². The van der Waals surface area contributed by atoms with Gasteiger partial charge in [-0.15, -0.1) is 0 Å². The Morgan fingerprint density at radius 2 is 1.96 bits per heavy atom. The number of benzene rings is 1. The van der Waals surface area contributed by atoms with Crippen molar-refractivity contribution >= 4 is 11.6 Å². The topological polar surface area (TPSA) is 59.5 Å². The summed E-state index contributed by atoms with van der Waals surface area (Å²) in [4.78, 5) is 10.9. The van der Waals surface area contributed by atoms with Crippen molar-refractivity contribution in [3.8, 4) is 5.75 Å². The van der Waals surface area contributed by atoms with Crippen molar-refractivity contribution in [1.29, 1.82) is 0 Å². The lowest BCUT2D eigenvalue weighted by Gasteiger charge is -2.27. The molecule has 1 aromatic carbocycles. The number of morpholine rings is 1. The summed E-state index contributed by atoms with van der Waals surface area (Å²) in [6.45, 7) is 4.09.